The molecule has 0 bridgehead atoms. The summed E-state index contributed by atoms with van der Waals surface area (Å²) in [6.45, 7) is 3.56. The standard InChI is InChI=1S/C14H30O4S.K/c1-3-10-14(15)12-9-7-5-4-6-8-11-13(2)19(16,17)18;/h13-15H,3-12H2,1-2H3,(H,16,17,18);/q;+1/p-1. The third-order valence-corrected chi connectivity index (χ3v) is 4.73. The summed E-state index contributed by atoms with van der Waals surface area (Å²) in [4.78, 5) is 0. The van der Waals surface area contributed by atoms with Gasteiger partial charge in [-0.2, -0.15) is 0 Å². The van der Waals surface area contributed by atoms with Crippen LogP contribution in [0.3, 0.4) is 0 Å². The Balaban J connectivity index is 0. The molecule has 20 heavy (non-hydrogen) atoms. The van der Waals surface area contributed by atoms with Crippen LogP contribution in [0.1, 0.15) is 78.1 Å². The fraction of sp³-hybridized carbons (Fsp3) is 1.00. The molecule has 0 saturated heterocycles. The van der Waals surface area contributed by atoms with E-state index < -0.39 is 15.4 Å². The third kappa shape index (κ3) is 14.4. The maximum atomic E-state index is 10.7. The Labute approximate surface area is 167 Å². The van der Waals surface area contributed by atoms with Crippen LogP contribution in [0.5, 0.6) is 0 Å². The summed E-state index contributed by atoms with van der Waals surface area (Å²) in [7, 11) is -4.10. The normalized spacial score (nSPS) is 14.6. The molecule has 0 amide bonds. The molecule has 0 aromatic carbocycles. The van der Waals surface area contributed by atoms with Crippen molar-refractivity contribution in [2.75, 3.05) is 0 Å². The van der Waals surface area contributed by atoms with Crippen LogP contribution in [-0.4, -0.2) is 29.4 Å². The molecule has 0 heterocycles. The topological polar surface area (TPSA) is 77.4 Å². The van der Waals surface area contributed by atoms with Gasteiger partial charge in [0.1, 0.15) is 0 Å². The summed E-state index contributed by atoms with van der Waals surface area (Å²) in [6, 6.07) is 0. The Bertz CT molecular complexity index is 306. The van der Waals surface area contributed by atoms with E-state index in [2.05, 4.69) is 6.92 Å². The minimum Gasteiger partial charge on any atom is -0.748 e. The van der Waals surface area contributed by atoms with Crippen LogP contribution < -0.4 is 51.4 Å². The van der Waals surface area contributed by atoms with Gasteiger partial charge in [0.25, 0.3) is 0 Å². The van der Waals surface area contributed by atoms with E-state index in [1.165, 1.54) is 6.92 Å². The molecule has 0 aliphatic rings. The van der Waals surface area contributed by atoms with E-state index in [4.69, 9.17) is 0 Å². The molecule has 2 atom stereocenters. The van der Waals surface area contributed by atoms with Gasteiger partial charge < -0.3 is 9.66 Å². The van der Waals surface area contributed by atoms with Crippen LogP contribution >= 0.6 is 0 Å². The van der Waals surface area contributed by atoms with Crippen molar-refractivity contribution in [2.45, 2.75) is 89.4 Å². The Kier molecular flexibility index (Phi) is 16.8. The van der Waals surface area contributed by atoms with E-state index in [9.17, 15) is 18.1 Å². The molecule has 0 fully saturated rings. The monoisotopic (exact) mass is 332 g/mol. The van der Waals surface area contributed by atoms with Crippen LogP contribution in [0.15, 0.2) is 0 Å². The summed E-state index contributed by atoms with van der Waals surface area (Å²) in [5, 5.41) is 8.79. The van der Waals surface area contributed by atoms with Gasteiger partial charge in [0.05, 0.1) is 16.2 Å². The van der Waals surface area contributed by atoms with Gasteiger partial charge in [0.15, 0.2) is 0 Å². The summed E-state index contributed by atoms with van der Waals surface area (Å²) in [5.74, 6) is 0. The summed E-state index contributed by atoms with van der Waals surface area (Å²) in [5.41, 5.74) is 0. The van der Waals surface area contributed by atoms with Crippen molar-refractivity contribution in [1.82, 2.24) is 0 Å². The molecular weight excluding hydrogens is 303 g/mol. The van der Waals surface area contributed by atoms with Gasteiger partial charge in [-0.15, -0.1) is 0 Å². The zero-order chi connectivity index (χ0) is 14.7. The Morgan fingerprint density at radius 3 is 1.85 bits per heavy atom. The Hall–Kier alpha value is 1.51. The van der Waals surface area contributed by atoms with Crippen molar-refractivity contribution in [3.63, 3.8) is 0 Å². The number of aliphatic hydroxyl groups excluding tert-OH is 1. The van der Waals surface area contributed by atoms with Crippen LogP contribution in [0, 0.1) is 0 Å². The molecule has 0 aromatic heterocycles. The predicted molar refractivity (Wildman–Crippen MR) is 77.0 cm³/mol. The van der Waals surface area contributed by atoms with Crippen molar-refractivity contribution in [1.29, 1.82) is 0 Å². The van der Waals surface area contributed by atoms with Crippen molar-refractivity contribution in [3.05, 3.63) is 0 Å². The SMILES string of the molecule is CCCC(O)CCCCCCCCC(C)S(=O)(=O)[O-].[K+]. The second-order valence-corrected chi connectivity index (χ2v) is 7.23. The first-order valence-corrected chi connectivity index (χ1v) is 8.97. The van der Waals surface area contributed by atoms with Gasteiger partial charge in [-0.1, -0.05) is 51.9 Å². The average Bonchev–Trinajstić information content (AvgIpc) is 2.31. The molecule has 0 rings (SSSR count). The molecule has 0 spiro atoms. The van der Waals surface area contributed by atoms with Gasteiger partial charge in [-0.25, -0.2) is 8.42 Å². The second kappa shape index (κ2) is 14.1. The van der Waals surface area contributed by atoms with Gasteiger partial charge in [-0.05, 0) is 26.2 Å². The van der Waals surface area contributed by atoms with E-state index >= 15 is 0 Å². The average molecular weight is 333 g/mol. The van der Waals surface area contributed by atoms with E-state index in [0.717, 1.165) is 57.8 Å². The zero-order valence-electron chi connectivity index (χ0n) is 13.3. The first kappa shape index (κ1) is 23.8. The smallest absolute Gasteiger partial charge is 0.748 e. The van der Waals surface area contributed by atoms with Crippen LogP contribution in [0.2, 0.25) is 0 Å². The van der Waals surface area contributed by atoms with Crippen LogP contribution in [0.25, 0.3) is 0 Å². The first-order valence-electron chi connectivity index (χ1n) is 7.50. The first-order chi connectivity index (χ1) is 8.88. The fourth-order valence-corrected chi connectivity index (χ4v) is 2.60. The van der Waals surface area contributed by atoms with E-state index in [1.807, 2.05) is 0 Å². The van der Waals surface area contributed by atoms with Crippen molar-refractivity contribution in [2.24, 2.45) is 0 Å². The van der Waals surface area contributed by atoms with Crippen molar-refractivity contribution >= 4 is 10.1 Å². The Morgan fingerprint density at radius 2 is 1.40 bits per heavy atom. The van der Waals surface area contributed by atoms with Gasteiger partial charge in [-0.3, -0.25) is 0 Å². The molecule has 2 unspecified atom stereocenters. The molecule has 0 saturated carbocycles. The molecular formula is C14H29KO4S. The number of aliphatic hydroxyl groups is 1. The summed E-state index contributed by atoms with van der Waals surface area (Å²) >= 11 is 0. The molecule has 0 aliphatic heterocycles. The van der Waals surface area contributed by atoms with Crippen LogP contribution in [0.4, 0.5) is 0 Å². The van der Waals surface area contributed by atoms with E-state index in [-0.39, 0.29) is 57.5 Å². The molecule has 0 aliphatic carbocycles. The predicted octanol–water partition coefficient (Wildman–Crippen LogP) is 0.206. The van der Waals surface area contributed by atoms with Gasteiger partial charge in [0.2, 0.25) is 0 Å². The molecule has 0 aromatic rings. The van der Waals surface area contributed by atoms with E-state index in [0.29, 0.717) is 6.42 Å². The molecule has 6 heteroatoms. The van der Waals surface area contributed by atoms with E-state index in [1.54, 1.807) is 0 Å². The molecule has 116 valence electrons. The quantitative estimate of drug-likeness (QED) is 0.315. The summed E-state index contributed by atoms with van der Waals surface area (Å²) in [6.07, 6.45) is 9.31. The maximum absolute atomic E-state index is 10.7. The maximum Gasteiger partial charge on any atom is 1.00 e. The fourth-order valence-electron chi connectivity index (χ4n) is 2.14. The number of hydrogen-bond donors (Lipinski definition) is 1. The zero-order valence-corrected chi connectivity index (χ0v) is 17.2. The largest absolute Gasteiger partial charge is 1.00 e. The van der Waals surface area contributed by atoms with Crippen molar-refractivity contribution in [3.8, 4) is 0 Å². The molecule has 4 nitrogen and oxygen atoms in total. The number of hydrogen-bond acceptors (Lipinski definition) is 4. The van der Waals surface area contributed by atoms with Crippen LogP contribution in [-0.2, 0) is 10.1 Å². The molecule has 1 N–H and O–H groups in total. The van der Waals surface area contributed by atoms with Gasteiger partial charge >= 0.3 is 51.4 Å². The van der Waals surface area contributed by atoms with Gasteiger partial charge in [0, 0.05) is 5.25 Å². The minimum atomic E-state index is -4.10. The van der Waals surface area contributed by atoms with Crippen molar-refractivity contribution < 1.29 is 69.5 Å². The number of rotatable bonds is 12. The minimum absolute atomic E-state index is 0. The third-order valence-electron chi connectivity index (χ3n) is 3.51. The number of unbranched alkanes of at least 4 members (excludes halogenated alkanes) is 5. The Morgan fingerprint density at radius 1 is 0.950 bits per heavy atom. The second-order valence-electron chi connectivity index (χ2n) is 5.44. The summed E-state index contributed by atoms with van der Waals surface area (Å²) < 4.78 is 32.0. The molecule has 0 radical (unpaired) electrons.